The van der Waals surface area contributed by atoms with Crippen LogP contribution in [0.4, 0.5) is 5.69 Å². The summed E-state index contributed by atoms with van der Waals surface area (Å²) in [5.41, 5.74) is 5.13. The molecule has 8 heteroatoms. The third kappa shape index (κ3) is 5.30. The first kappa shape index (κ1) is 25.8. The molecule has 4 rings (SSSR count). The third-order valence-corrected chi connectivity index (χ3v) is 7.97. The van der Waals surface area contributed by atoms with Crippen LogP contribution in [0.25, 0.3) is 5.65 Å². The average molecular weight is 517 g/mol. The van der Waals surface area contributed by atoms with Crippen molar-refractivity contribution < 1.29 is 4.79 Å². The van der Waals surface area contributed by atoms with Crippen LogP contribution in [0, 0.1) is 13.8 Å². The van der Waals surface area contributed by atoms with Crippen molar-refractivity contribution >= 4 is 40.4 Å². The van der Waals surface area contributed by atoms with Gasteiger partial charge in [0.1, 0.15) is 5.65 Å². The standard InChI is InChI=1S/C27H35Cl2N5O/c1-6-33(21-9-7-20(8-10-21)32(4)5)25-15-19(28)14-22(18(25)3)27(35)31-16-23-24(29)13-17(2)34-12-11-30-26(23)34/h11-15,20-21H,6-10,16H2,1-5H3,(H,31,35). The summed E-state index contributed by atoms with van der Waals surface area (Å²) in [5, 5.41) is 4.21. The van der Waals surface area contributed by atoms with Gasteiger partial charge in [0.05, 0.1) is 5.02 Å². The normalized spacial score (nSPS) is 18.3. The van der Waals surface area contributed by atoms with E-state index < -0.39 is 0 Å². The first-order valence-corrected chi connectivity index (χ1v) is 13.1. The van der Waals surface area contributed by atoms with E-state index in [1.54, 1.807) is 12.3 Å². The quantitative estimate of drug-likeness (QED) is 0.426. The van der Waals surface area contributed by atoms with E-state index in [1.807, 2.05) is 36.6 Å². The molecular formula is C27H35Cl2N5O. The molecule has 1 saturated carbocycles. The molecule has 188 valence electrons. The van der Waals surface area contributed by atoms with Gasteiger partial charge in [0.2, 0.25) is 0 Å². The highest BCUT2D eigenvalue weighted by atomic mass is 35.5. The van der Waals surface area contributed by atoms with Gasteiger partial charge in [-0.2, -0.15) is 0 Å². The van der Waals surface area contributed by atoms with Gasteiger partial charge in [-0.3, -0.25) is 4.79 Å². The summed E-state index contributed by atoms with van der Waals surface area (Å²) in [6.45, 7) is 7.32. The van der Waals surface area contributed by atoms with Crippen molar-refractivity contribution in [2.24, 2.45) is 0 Å². The largest absolute Gasteiger partial charge is 0.369 e. The summed E-state index contributed by atoms with van der Waals surface area (Å²) >= 11 is 13.1. The number of amides is 1. The minimum Gasteiger partial charge on any atom is -0.369 e. The van der Waals surface area contributed by atoms with Crippen molar-refractivity contribution in [3.8, 4) is 0 Å². The van der Waals surface area contributed by atoms with E-state index in [0.29, 0.717) is 27.7 Å². The Hall–Kier alpha value is -2.28. The van der Waals surface area contributed by atoms with Crippen molar-refractivity contribution in [1.82, 2.24) is 19.6 Å². The minimum absolute atomic E-state index is 0.167. The molecular weight excluding hydrogens is 481 g/mol. The van der Waals surface area contributed by atoms with Crippen LogP contribution in [-0.2, 0) is 6.54 Å². The molecule has 0 saturated heterocycles. The number of benzene rings is 1. The Bertz CT molecular complexity index is 1210. The van der Waals surface area contributed by atoms with Crippen LogP contribution in [0.1, 0.15) is 59.8 Å². The van der Waals surface area contributed by atoms with E-state index in [1.165, 1.54) is 12.8 Å². The SMILES string of the molecule is CCN(c1cc(Cl)cc(C(=O)NCc2c(Cl)cc(C)n3ccnc23)c1C)C1CCC(N(C)C)CC1. The van der Waals surface area contributed by atoms with Crippen molar-refractivity contribution in [3.05, 3.63) is 63.0 Å². The van der Waals surface area contributed by atoms with Crippen molar-refractivity contribution in [1.29, 1.82) is 0 Å². The second-order valence-corrected chi connectivity index (χ2v) is 10.6. The topological polar surface area (TPSA) is 52.9 Å². The summed E-state index contributed by atoms with van der Waals surface area (Å²) in [6.07, 6.45) is 8.27. The van der Waals surface area contributed by atoms with E-state index in [-0.39, 0.29) is 12.5 Å². The molecule has 2 heterocycles. The van der Waals surface area contributed by atoms with Gasteiger partial charge in [-0.15, -0.1) is 0 Å². The lowest BCUT2D eigenvalue weighted by Gasteiger charge is -2.40. The summed E-state index contributed by atoms with van der Waals surface area (Å²) in [6, 6.07) is 6.74. The van der Waals surface area contributed by atoms with Crippen molar-refractivity contribution in [2.45, 2.75) is 65.1 Å². The Balaban J connectivity index is 1.56. The molecule has 1 aliphatic carbocycles. The number of nitrogens with one attached hydrogen (secondary N) is 1. The number of pyridine rings is 1. The van der Waals surface area contributed by atoms with Crippen LogP contribution in [0.5, 0.6) is 0 Å². The highest BCUT2D eigenvalue weighted by Crippen LogP contribution is 2.34. The Labute approximate surface area is 218 Å². The molecule has 1 N–H and O–H groups in total. The average Bonchev–Trinajstić information content (AvgIpc) is 3.32. The Morgan fingerprint density at radius 2 is 1.80 bits per heavy atom. The first-order chi connectivity index (χ1) is 16.7. The molecule has 35 heavy (non-hydrogen) atoms. The predicted octanol–water partition coefficient (Wildman–Crippen LogP) is 5.89. The zero-order valence-electron chi connectivity index (χ0n) is 21.2. The Kier molecular flexibility index (Phi) is 7.94. The second-order valence-electron chi connectivity index (χ2n) is 9.73. The van der Waals surface area contributed by atoms with Crippen molar-refractivity contribution in [2.75, 3.05) is 25.5 Å². The van der Waals surface area contributed by atoms with Crippen LogP contribution in [0.3, 0.4) is 0 Å². The Morgan fingerprint density at radius 1 is 1.11 bits per heavy atom. The number of anilines is 1. The predicted molar refractivity (Wildman–Crippen MR) is 145 cm³/mol. The fraction of sp³-hybridized carbons (Fsp3) is 0.481. The third-order valence-electron chi connectivity index (χ3n) is 7.42. The smallest absolute Gasteiger partial charge is 0.251 e. The van der Waals surface area contributed by atoms with E-state index >= 15 is 0 Å². The monoisotopic (exact) mass is 515 g/mol. The number of nitrogens with zero attached hydrogens (tertiary/aromatic N) is 4. The zero-order valence-corrected chi connectivity index (χ0v) is 22.7. The van der Waals surface area contributed by atoms with Gasteiger partial charge in [-0.05, 0) is 84.3 Å². The van der Waals surface area contributed by atoms with Crippen LogP contribution in [0.15, 0.2) is 30.6 Å². The van der Waals surface area contributed by atoms with Crippen LogP contribution in [-0.4, -0.2) is 52.9 Å². The zero-order chi connectivity index (χ0) is 25.3. The van der Waals surface area contributed by atoms with Gasteiger partial charge in [-0.1, -0.05) is 23.2 Å². The fourth-order valence-corrected chi connectivity index (χ4v) is 5.92. The van der Waals surface area contributed by atoms with Gasteiger partial charge in [0.15, 0.2) is 0 Å². The number of rotatable bonds is 7. The lowest BCUT2D eigenvalue weighted by Crippen LogP contribution is -2.42. The van der Waals surface area contributed by atoms with Gasteiger partial charge < -0.3 is 19.5 Å². The van der Waals surface area contributed by atoms with E-state index in [0.717, 1.165) is 47.5 Å². The highest BCUT2D eigenvalue weighted by Gasteiger charge is 2.28. The molecule has 6 nitrogen and oxygen atoms in total. The molecule has 3 aromatic rings. The van der Waals surface area contributed by atoms with Crippen LogP contribution >= 0.6 is 23.2 Å². The maximum absolute atomic E-state index is 13.3. The lowest BCUT2D eigenvalue weighted by atomic mass is 9.89. The molecule has 1 aliphatic rings. The minimum atomic E-state index is -0.167. The number of imidazole rings is 1. The van der Waals surface area contributed by atoms with Gasteiger partial charge in [0, 0.05) is 65.1 Å². The fourth-order valence-electron chi connectivity index (χ4n) is 5.40. The summed E-state index contributed by atoms with van der Waals surface area (Å²) < 4.78 is 1.97. The molecule has 0 aliphatic heterocycles. The molecule has 1 fully saturated rings. The molecule has 1 aromatic carbocycles. The summed E-state index contributed by atoms with van der Waals surface area (Å²) in [7, 11) is 4.33. The van der Waals surface area contributed by atoms with Crippen LogP contribution < -0.4 is 10.2 Å². The number of aryl methyl sites for hydroxylation is 1. The van der Waals surface area contributed by atoms with Crippen LogP contribution in [0.2, 0.25) is 10.0 Å². The number of hydrogen-bond acceptors (Lipinski definition) is 4. The number of halogens is 2. The lowest BCUT2D eigenvalue weighted by molar-refractivity contribution is 0.0950. The number of aromatic nitrogens is 2. The molecule has 0 unspecified atom stereocenters. The number of carbonyl (C=O) groups excluding carboxylic acids is 1. The molecule has 2 aromatic heterocycles. The molecule has 1 amide bonds. The van der Waals surface area contributed by atoms with Gasteiger partial charge in [-0.25, -0.2) is 4.98 Å². The molecule has 0 spiro atoms. The number of carbonyl (C=O) groups is 1. The molecule has 0 atom stereocenters. The second kappa shape index (κ2) is 10.8. The van der Waals surface area contributed by atoms with Gasteiger partial charge >= 0.3 is 0 Å². The Morgan fingerprint density at radius 3 is 2.46 bits per heavy atom. The number of hydrogen-bond donors (Lipinski definition) is 1. The maximum atomic E-state index is 13.3. The number of fused-ring (bicyclic) bond motifs is 1. The van der Waals surface area contributed by atoms with E-state index in [9.17, 15) is 4.79 Å². The first-order valence-electron chi connectivity index (χ1n) is 12.3. The highest BCUT2D eigenvalue weighted by molar-refractivity contribution is 6.32. The maximum Gasteiger partial charge on any atom is 0.251 e. The van der Waals surface area contributed by atoms with Gasteiger partial charge in [0.25, 0.3) is 5.91 Å². The van der Waals surface area contributed by atoms with E-state index in [4.69, 9.17) is 23.2 Å². The van der Waals surface area contributed by atoms with Crippen molar-refractivity contribution in [3.63, 3.8) is 0 Å². The molecule has 0 radical (unpaired) electrons. The molecule has 0 bridgehead atoms. The summed E-state index contributed by atoms with van der Waals surface area (Å²) in [4.78, 5) is 22.5. The van der Waals surface area contributed by atoms with E-state index in [2.05, 4.69) is 41.1 Å². The summed E-state index contributed by atoms with van der Waals surface area (Å²) in [5.74, 6) is -0.167.